The Bertz CT molecular complexity index is 171. The lowest BCUT2D eigenvalue weighted by molar-refractivity contribution is 0.0890. The topological polar surface area (TPSA) is 35.2 Å². The summed E-state index contributed by atoms with van der Waals surface area (Å²) in [5, 5.41) is 0. The van der Waals surface area contributed by atoms with Crippen molar-refractivity contribution in [2.45, 2.75) is 44.6 Å². The Morgan fingerprint density at radius 3 is 2.62 bits per heavy atom. The third-order valence-corrected chi connectivity index (χ3v) is 2.66. The maximum absolute atomic E-state index is 6.13. The summed E-state index contributed by atoms with van der Waals surface area (Å²) in [6.07, 6.45) is 5.73. The Morgan fingerprint density at radius 2 is 2.08 bits per heavy atom. The summed E-state index contributed by atoms with van der Waals surface area (Å²) in [5.74, 6) is 0. The standard InChI is InChI=1S/C11H21NO/c1-10(2)5-8-13-9-11(12)6-3-4-7-11/h1,3-9,12H2,2H3. The normalized spacial score (nSPS) is 20.5. The van der Waals surface area contributed by atoms with E-state index in [1.54, 1.807) is 0 Å². The summed E-state index contributed by atoms with van der Waals surface area (Å²) < 4.78 is 5.55. The molecule has 0 atom stereocenters. The Labute approximate surface area is 81.1 Å². The van der Waals surface area contributed by atoms with E-state index in [1.807, 2.05) is 6.92 Å². The van der Waals surface area contributed by atoms with Crippen molar-refractivity contribution in [2.75, 3.05) is 13.2 Å². The van der Waals surface area contributed by atoms with Crippen LogP contribution in [0.15, 0.2) is 12.2 Å². The van der Waals surface area contributed by atoms with E-state index in [2.05, 4.69) is 6.58 Å². The van der Waals surface area contributed by atoms with Gasteiger partial charge in [0.2, 0.25) is 0 Å². The highest BCUT2D eigenvalue weighted by atomic mass is 16.5. The van der Waals surface area contributed by atoms with Gasteiger partial charge >= 0.3 is 0 Å². The van der Waals surface area contributed by atoms with Gasteiger partial charge in [-0.2, -0.15) is 0 Å². The molecule has 0 amide bonds. The summed E-state index contributed by atoms with van der Waals surface area (Å²) in [6, 6.07) is 0. The van der Waals surface area contributed by atoms with E-state index in [-0.39, 0.29) is 5.54 Å². The Kier molecular flexibility index (Phi) is 3.94. The number of hydrogen-bond donors (Lipinski definition) is 1. The average Bonchev–Trinajstić information content (AvgIpc) is 2.47. The van der Waals surface area contributed by atoms with E-state index in [0.29, 0.717) is 0 Å². The average molecular weight is 183 g/mol. The minimum atomic E-state index is -0.0188. The van der Waals surface area contributed by atoms with Gasteiger partial charge in [-0.05, 0) is 26.2 Å². The molecule has 0 unspecified atom stereocenters. The van der Waals surface area contributed by atoms with E-state index in [9.17, 15) is 0 Å². The first-order valence-corrected chi connectivity index (χ1v) is 5.13. The van der Waals surface area contributed by atoms with Gasteiger partial charge in [-0.1, -0.05) is 18.4 Å². The highest BCUT2D eigenvalue weighted by Crippen LogP contribution is 2.27. The van der Waals surface area contributed by atoms with E-state index in [0.717, 1.165) is 32.5 Å². The summed E-state index contributed by atoms with van der Waals surface area (Å²) in [5.41, 5.74) is 7.29. The minimum absolute atomic E-state index is 0.0188. The highest BCUT2D eigenvalue weighted by Gasteiger charge is 2.29. The SMILES string of the molecule is C=C(C)CCOCC1(N)CCCC1. The van der Waals surface area contributed by atoms with Crippen LogP contribution in [0, 0.1) is 0 Å². The number of rotatable bonds is 5. The summed E-state index contributed by atoms with van der Waals surface area (Å²) in [4.78, 5) is 0. The molecule has 0 aromatic carbocycles. The second-order valence-electron chi connectivity index (χ2n) is 4.33. The van der Waals surface area contributed by atoms with Crippen molar-refractivity contribution in [1.29, 1.82) is 0 Å². The zero-order valence-electron chi connectivity index (χ0n) is 8.64. The number of ether oxygens (including phenoxy) is 1. The fourth-order valence-electron chi connectivity index (χ4n) is 1.75. The molecule has 76 valence electrons. The molecule has 0 aromatic heterocycles. The molecule has 0 heterocycles. The first-order chi connectivity index (χ1) is 6.12. The van der Waals surface area contributed by atoms with Crippen molar-refractivity contribution in [3.05, 3.63) is 12.2 Å². The molecule has 0 saturated heterocycles. The molecule has 0 aromatic rings. The molecule has 2 N–H and O–H groups in total. The quantitative estimate of drug-likeness (QED) is 0.524. The summed E-state index contributed by atoms with van der Waals surface area (Å²) >= 11 is 0. The molecular weight excluding hydrogens is 162 g/mol. The molecule has 0 radical (unpaired) electrons. The smallest absolute Gasteiger partial charge is 0.0646 e. The van der Waals surface area contributed by atoms with E-state index in [4.69, 9.17) is 10.5 Å². The third-order valence-electron chi connectivity index (χ3n) is 2.66. The first kappa shape index (κ1) is 10.7. The number of nitrogens with two attached hydrogens (primary N) is 1. The van der Waals surface area contributed by atoms with Crippen LogP contribution in [0.1, 0.15) is 39.0 Å². The maximum atomic E-state index is 6.13. The van der Waals surface area contributed by atoms with Crippen LogP contribution in [0.4, 0.5) is 0 Å². The molecule has 2 heteroatoms. The van der Waals surface area contributed by atoms with Crippen LogP contribution < -0.4 is 5.73 Å². The Morgan fingerprint density at radius 1 is 1.46 bits per heavy atom. The molecule has 1 fully saturated rings. The van der Waals surface area contributed by atoms with Gasteiger partial charge in [-0.3, -0.25) is 0 Å². The predicted molar refractivity (Wildman–Crippen MR) is 55.6 cm³/mol. The monoisotopic (exact) mass is 183 g/mol. The van der Waals surface area contributed by atoms with Gasteiger partial charge < -0.3 is 10.5 Å². The molecule has 2 nitrogen and oxygen atoms in total. The van der Waals surface area contributed by atoms with E-state index < -0.39 is 0 Å². The number of hydrogen-bond acceptors (Lipinski definition) is 2. The van der Waals surface area contributed by atoms with Gasteiger partial charge in [0.15, 0.2) is 0 Å². The molecule has 0 aliphatic heterocycles. The lowest BCUT2D eigenvalue weighted by atomic mass is 10.0. The Balaban J connectivity index is 2.07. The van der Waals surface area contributed by atoms with Gasteiger partial charge in [-0.15, -0.1) is 6.58 Å². The molecule has 1 rings (SSSR count). The highest BCUT2D eigenvalue weighted by molar-refractivity contribution is 4.90. The second-order valence-corrected chi connectivity index (χ2v) is 4.33. The van der Waals surface area contributed by atoms with Crippen LogP contribution in [-0.2, 0) is 4.74 Å². The fourth-order valence-corrected chi connectivity index (χ4v) is 1.75. The van der Waals surface area contributed by atoms with Gasteiger partial charge in [-0.25, -0.2) is 0 Å². The summed E-state index contributed by atoms with van der Waals surface area (Å²) in [7, 11) is 0. The largest absolute Gasteiger partial charge is 0.379 e. The fraction of sp³-hybridized carbons (Fsp3) is 0.818. The van der Waals surface area contributed by atoms with Crippen molar-refractivity contribution in [3.8, 4) is 0 Å². The summed E-state index contributed by atoms with van der Waals surface area (Å²) in [6.45, 7) is 7.35. The van der Waals surface area contributed by atoms with Gasteiger partial charge in [0.05, 0.1) is 13.2 Å². The van der Waals surface area contributed by atoms with Crippen molar-refractivity contribution in [3.63, 3.8) is 0 Å². The van der Waals surface area contributed by atoms with Gasteiger partial charge in [0, 0.05) is 5.54 Å². The lowest BCUT2D eigenvalue weighted by Crippen LogP contribution is -2.41. The van der Waals surface area contributed by atoms with Crippen molar-refractivity contribution in [2.24, 2.45) is 5.73 Å². The Hall–Kier alpha value is -0.340. The van der Waals surface area contributed by atoms with E-state index in [1.165, 1.54) is 18.4 Å². The van der Waals surface area contributed by atoms with Crippen LogP contribution in [0.2, 0.25) is 0 Å². The molecule has 13 heavy (non-hydrogen) atoms. The molecule has 0 bridgehead atoms. The molecule has 0 spiro atoms. The maximum Gasteiger partial charge on any atom is 0.0646 e. The van der Waals surface area contributed by atoms with Gasteiger partial charge in [0.1, 0.15) is 0 Å². The van der Waals surface area contributed by atoms with Crippen LogP contribution in [0.25, 0.3) is 0 Å². The van der Waals surface area contributed by atoms with Gasteiger partial charge in [0.25, 0.3) is 0 Å². The molecule has 1 aliphatic carbocycles. The van der Waals surface area contributed by atoms with Crippen molar-refractivity contribution < 1.29 is 4.74 Å². The molecular formula is C11H21NO. The van der Waals surface area contributed by atoms with Crippen LogP contribution >= 0.6 is 0 Å². The van der Waals surface area contributed by atoms with Crippen LogP contribution in [-0.4, -0.2) is 18.8 Å². The van der Waals surface area contributed by atoms with E-state index >= 15 is 0 Å². The first-order valence-electron chi connectivity index (χ1n) is 5.13. The second kappa shape index (κ2) is 4.77. The predicted octanol–water partition coefficient (Wildman–Crippen LogP) is 2.24. The minimum Gasteiger partial charge on any atom is -0.379 e. The molecule has 1 saturated carbocycles. The third kappa shape index (κ3) is 3.92. The van der Waals surface area contributed by atoms with Crippen molar-refractivity contribution in [1.82, 2.24) is 0 Å². The molecule has 1 aliphatic rings. The zero-order chi connectivity index (χ0) is 9.73. The van der Waals surface area contributed by atoms with Crippen molar-refractivity contribution >= 4 is 0 Å². The van der Waals surface area contributed by atoms with Crippen LogP contribution in [0.5, 0.6) is 0 Å². The van der Waals surface area contributed by atoms with Crippen LogP contribution in [0.3, 0.4) is 0 Å². The lowest BCUT2D eigenvalue weighted by Gasteiger charge is -2.23. The zero-order valence-corrected chi connectivity index (χ0v) is 8.64.